The molecule has 0 spiro atoms. The number of fused-ring (bicyclic) bond motifs is 1. The van der Waals surface area contributed by atoms with E-state index in [0.717, 1.165) is 29.9 Å². The fourth-order valence-electron chi connectivity index (χ4n) is 5.23. The summed E-state index contributed by atoms with van der Waals surface area (Å²) in [6.07, 6.45) is 3.54. The molecule has 214 valence electrons. The summed E-state index contributed by atoms with van der Waals surface area (Å²) in [7, 11) is 0. The second-order valence-corrected chi connectivity index (χ2v) is 10.2. The van der Waals surface area contributed by atoms with Crippen LogP contribution in [-0.2, 0) is 27.3 Å². The highest BCUT2D eigenvalue weighted by molar-refractivity contribution is 5.98. The number of nitrogens with zero attached hydrogens (tertiary/aromatic N) is 3. The summed E-state index contributed by atoms with van der Waals surface area (Å²) in [5.41, 5.74) is 4.00. The molecule has 0 radical (unpaired) electrons. The predicted molar refractivity (Wildman–Crippen MR) is 158 cm³/mol. The van der Waals surface area contributed by atoms with E-state index < -0.39 is 6.04 Å². The van der Waals surface area contributed by atoms with Crippen LogP contribution in [0.3, 0.4) is 0 Å². The van der Waals surface area contributed by atoms with E-state index in [4.69, 9.17) is 14.2 Å². The number of carbonyl (C=O) groups is 2. The van der Waals surface area contributed by atoms with Crippen LogP contribution in [-0.4, -0.2) is 54.8 Å². The Kier molecular flexibility index (Phi) is 8.28. The zero-order chi connectivity index (χ0) is 28.7. The number of morpholine rings is 1. The number of aromatic nitrogens is 1. The second kappa shape index (κ2) is 12.7. The average Bonchev–Trinajstić information content (AvgIpc) is 3.51. The third-order valence-electron chi connectivity index (χ3n) is 7.38. The zero-order valence-corrected chi connectivity index (χ0v) is 23.1. The molecule has 1 N–H and O–H groups in total. The molecule has 0 aliphatic carbocycles. The summed E-state index contributed by atoms with van der Waals surface area (Å²) in [5, 5.41) is 3.06. The Hall–Kier alpha value is -4.89. The van der Waals surface area contributed by atoms with Gasteiger partial charge in [-0.25, -0.2) is 0 Å². The highest BCUT2D eigenvalue weighted by Crippen LogP contribution is 2.36. The van der Waals surface area contributed by atoms with Gasteiger partial charge in [-0.3, -0.25) is 14.6 Å². The van der Waals surface area contributed by atoms with Crippen molar-refractivity contribution in [1.29, 1.82) is 0 Å². The van der Waals surface area contributed by atoms with Gasteiger partial charge in [0.2, 0.25) is 12.7 Å². The van der Waals surface area contributed by atoms with Crippen molar-refractivity contribution in [1.82, 2.24) is 9.88 Å². The van der Waals surface area contributed by atoms with Gasteiger partial charge < -0.3 is 29.3 Å². The summed E-state index contributed by atoms with van der Waals surface area (Å²) in [5.74, 6) is 0.617. The van der Waals surface area contributed by atoms with Crippen LogP contribution >= 0.6 is 0 Å². The molecule has 3 aromatic carbocycles. The van der Waals surface area contributed by atoms with Gasteiger partial charge in [0.1, 0.15) is 6.04 Å². The van der Waals surface area contributed by atoms with Crippen molar-refractivity contribution in [2.75, 3.05) is 43.3 Å². The Bertz CT molecular complexity index is 1510. The SMILES string of the molecule is O=C(Nc1ccc(N2CCOCC2)cc1)C(c1ccc2c(c1)OCO2)N(Cc1cccnc1)C(=O)Cc1ccccc1. The van der Waals surface area contributed by atoms with Crippen molar-refractivity contribution >= 4 is 23.2 Å². The normalized spacial score (nSPS) is 14.7. The van der Waals surface area contributed by atoms with Crippen molar-refractivity contribution in [2.45, 2.75) is 19.0 Å². The molecule has 1 fully saturated rings. The fourth-order valence-corrected chi connectivity index (χ4v) is 5.23. The molecule has 9 nitrogen and oxygen atoms in total. The lowest BCUT2D eigenvalue weighted by molar-refractivity contribution is -0.139. The topological polar surface area (TPSA) is 93.2 Å². The van der Waals surface area contributed by atoms with Gasteiger partial charge in [0.05, 0.1) is 19.6 Å². The Morgan fingerprint density at radius 2 is 1.64 bits per heavy atom. The standard InChI is InChI=1S/C33H32N4O5/c38-31(19-24-5-2-1-3-6-24)37(22-25-7-4-14-34-21-25)32(26-8-13-29-30(20-26)42-23-41-29)33(39)35-27-9-11-28(12-10-27)36-15-17-40-18-16-36/h1-14,20-21,32H,15-19,22-23H2,(H,35,39). The van der Waals surface area contributed by atoms with Crippen molar-refractivity contribution in [2.24, 2.45) is 0 Å². The van der Waals surface area contributed by atoms with Gasteiger partial charge in [-0.15, -0.1) is 0 Å². The van der Waals surface area contributed by atoms with Crippen molar-refractivity contribution in [3.8, 4) is 11.5 Å². The van der Waals surface area contributed by atoms with Crippen molar-refractivity contribution in [3.05, 3.63) is 114 Å². The van der Waals surface area contributed by atoms with E-state index in [2.05, 4.69) is 15.2 Å². The van der Waals surface area contributed by atoms with E-state index in [-0.39, 0.29) is 31.6 Å². The first-order chi connectivity index (χ1) is 20.6. The maximum Gasteiger partial charge on any atom is 0.251 e. The van der Waals surface area contributed by atoms with Crippen molar-refractivity contribution in [3.63, 3.8) is 0 Å². The molecule has 42 heavy (non-hydrogen) atoms. The number of pyridine rings is 1. The monoisotopic (exact) mass is 564 g/mol. The summed E-state index contributed by atoms with van der Waals surface area (Å²) < 4.78 is 16.6. The summed E-state index contributed by atoms with van der Waals surface area (Å²) in [4.78, 5) is 36.3. The smallest absolute Gasteiger partial charge is 0.251 e. The number of rotatable bonds is 9. The number of hydrogen-bond donors (Lipinski definition) is 1. The summed E-state index contributed by atoms with van der Waals surface area (Å²) >= 11 is 0. The van der Waals surface area contributed by atoms with Crippen LogP contribution < -0.4 is 19.7 Å². The maximum absolute atomic E-state index is 14.2. The lowest BCUT2D eigenvalue weighted by Gasteiger charge is -2.32. The maximum atomic E-state index is 14.2. The van der Waals surface area contributed by atoms with Crippen LogP contribution in [0.5, 0.6) is 11.5 Å². The average molecular weight is 565 g/mol. The van der Waals surface area contributed by atoms with E-state index in [1.54, 1.807) is 29.4 Å². The number of carbonyl (C=O) groups excluding carboxylic acids is 2. The lowest BCUT2D eigenvalue weighted by Crippen LogP contribution is -2.41. The highest BCUT2D eigenvalue weighted by atomic mass is 16.7. The predicted octanol–water partition coefficient (Wildman–Crippen LogP) is 4.60. The van der Waals surface area contributed by atoms with E-state index in [0.29, 0.717) is 36.0 Å². The minimum Gasteiger partial charge on any atom is -0.454 e. The molecule has 9 heteroatoms. The van der Waals surface area contributed by atoms with E-state index >= 15 is 0 Å². The number of amides is 2. The molecule has 6 rings (SSSR count). The van der Waals surface area contributed by atoms with Gasteiger partial charge >= 0.3 is 0 Å². The summed E-state index contributed by atoms with van der Waals surface area (Å²) in [6.45, 7) is 3.34. The van der Waals surface area contributed by atoms with Crippen molar-refractivity contribution < 1.29 is 23.8 Å². The van der Waals surface area contributed by atoms with E-state index in [1.165, 1.54) is 0 Å². The minimum atomic E-state index is -0.949. The van der Waals surface area contributed by atoms with Gasteiger partial charge in [-0.2, -0.15) is 0 Å². The molecule has 0 bridgehead atoms. The number of nitrogens with one attached hydrogen (secondary N) is 1. The van der Waals surface area contributed by atoms with Gasteiger partial charge in [-0.1, -0.05) is 42.5 Å². The van der Waals surface area contributed by atoms with Crippen LogP contribution in [0.4, 0.5) is 11.4 Å². The third kappa shape index (κ3) is 6.37. The molecule has 4 aromatic rings. The molecule has 2 aliphatic heterocycles. The largest absolute Gasteiger partial charge is 0.454 e. The molecule has 2 aliphatic rings. The molecule has 1 saturated heterocycles. The van der Waals surface area contributed by atoms with Crippen LogP contribution in [0.25, 0.3) is 0 Å². The molecule has 3 heterocycles. The van der Waals surface area contributed by atoms with E-state index in [9.17, 15) is 9.59 Å². The second-order valence-electron chi connectivity index (χ2n) is 10.2. The minimum absolute atomic E-state index is 0.109. The molecule has 0 saturated carbocycles. The van der Waals surface area contributed by atoms with Crippen LogP contribution in [0.2, 0.25) is 0 Å². The van der Waals surface area contributed by atoms with Crippen LogP contribution in [0.1, 0.15) is 22.7 Å². The highest BCUT2D eigenvalue weighted by Gasteiger charge is 2.33. The Labute approximate surface area is 244 Å². The Balaban J connectivity index is 1.33. The Morgan fingerprint density at radius 1 is 0.881 bits per heavy atom. The van der Waals surface area contributed by atoms with E-state index in [1.807, 2.05) is 72.8 Å². The zero-order valence-electron chi connectivity index (χ0n) is 23.1. The number of hydrogen-bond acceptors (Lipinski definition) is 7. The molecule has 1 unspecified atom stereocenters. The number of ether oxygens (including phenoxy) is 3. The van der Waals surface area contributed by atoms with Crippen LogP contribution in [0, 0.1) is 0 Å². The fraction of sp³-hybridized carbons (Fsp3) is 0.242. The van der Waals surface area contributed by atoms with Gasteiger partial charge in [0.25, 0.3) is 5.91 Å². The number of anilines is 2. The molecular formula is C33H32N4O5. The first-order valence-electron chi connectivity index (χ1n) is 14.0. The molecule has 1 atom stereocenters. The first-order valence-corrected chi connectivity index (χ1v) is 14.0. The quantitative estimate of drug-likeness (QED) is 0.318. The molecule has 1 aromatic heterocycles. The van der Waals surface area contributed by atoms with Crippen LogP contribution in [0.15, 0.2) is 97.3 Å². The van der Waals surface area contributed by atoms with Gasteiger partial charge in [0.15, 0.2) is 11.5 Å². The molecule has 2 amide bonds. The summed E-state index contributed by atoms with van der Waals surface area (Å²) in [6, 6.07) is 25.4. The number of benzene rings is 3. The van der Waals surface area contributed by atoms with Gasteiger partial charge in [-0.05, 0) is 59.2 Å². The first kappa shape index (κ1) is 27.3. The van der Waals surface area contributed by atoms with Gasteiger partial charge in [0, 0.05) is 43.4 Å². The molecular weight excluding hydrogens is 532 g/mol. The third-order valence-corrected chi connectivity index (χ3v) is 7.38. The lowest BCUT2D eigenvalue weighted by atomic mass is 10.0. The Morgan fingerprint density at radius 3 is 2.40 bits per heavy atom.